The molecule has 0 aliphatic rings. The molecule has 0 spiro atoms. The third kappa shape index (κ3) is 5.90. The summed E-state index contributed by atoms with van der Waals surface area (Å²) >= 11 is 5.52. The zero-order valence-electron chi connectivity index (χ0n) is 6.78. The fourth-order valence-electron chi connectivity index (χ4n) is 0.849. The molecular formula is C9H15Cl. The van der Waals surface area contributed by atoms with Crippen molar-refractivity contribution >= 4 is 11.6 Å². The summed E-state index contributed by atoms with van der Waals surface area (Å²) in [6.45, 7) is 7.98. The van der Waals surface area contributed by atoms with Crippen LogP contribution in [0.15, 0.2) is 23.8 Å². The third-order valence-electron chi connectivity index (χ3n) is 1.18. The largest absolute Gasteiger partial charge is 0.126 e. The average Bonchev–Trinajstić information content (AvgIpc) is 1.82. The van der Waals surface area contributed by atoms with Gasteiger partial charge in [0, 0.05) is 5.88 Å². The Morgan fingerprint density at radius 3 is 2.50 bits per heavy atom. The van der Waals surface area contributed by atoms with Crippen molar-refractivity contribution in [2.24, 2.45) is 0 Å². The average molecular weight is 159 g/mol. The number of allylic oxidation sites excluding steroid dienone is 3. The van der Waals surface area contributed by atoms with Crippen molar-refractivity contribution in [1.29, 1.82) is 0 Å². The van der Waals surface area contributed by atoms with Crippen LogP contribution in [0, 0.1) is 0 Å². The van der Waals surface area contributed by atoms with E-state index in [1.165, 1.54) is 11.1 Å². The van der Waals surface area contributed by atoms with E-state index in [4.69, 9.17) is 11.6 Å². The molecule has 10 heavy (non-hydrogen) atoms. The van der Waals surface area contributed by atoms with Gasteiger partial charge in [-0.15, -0.1) is 11.6 Å². The van der Waals surface area contributed by atoms with Crippen molar-refractivity contribution in [2.75, 3.05) is 5.88 Å². The standard InChI is InChI=1S/C9H15Cl/c1-8(2)7-9(3)5-4-6-10/h5H,1,4,6-7H2,2-3H3. The Morgan fingerprint density at radius 2 is 2.10 bits per heavy atom. The van der Waals surface area contributed by atoms with Crippen molar-refractivity contribution < 1.29 is 0 Å². The molecule has 0 saturated carbocycles. The van der Waals surface area contributed by atoms with Gasteiger partial charge in [-0.3, -0.25) is 0 Å². The lowest BCUT2D eigenvalue weighted by Crippen LogP contribution is -1.79. The van der Waals surface area contributed by atoms with Gasteiger partial charge in [-0.25, -0.2) is 0 Å². The van der Waals surface area contributed by atoms with E-state index in [1.54, 1.807) is 0 Å². The Kier molecular flexibility index (Phi) is 5.42. The monoisotopic (exact) mass is 158 g/mol. The smallest absolute Gasteiger partial charge is 0.0258 e. The van der Waals surface area contributed by atoms with Crippen LogP contribution in [-0.4, -0.2) is 5.88 Å². The summed E-state index contributed by atoms with van der Waals surface area (Å²) in [4.78, 5) is 0. The molecule has 0 fully saturated rings. The maximum absolute atomic E-state index is 5.52. The molecular weight excluding hydrogens is 144 g/mol. The van der Waals surface area contributed by atoms with E-state index in [0.717, 1.165) is 12.8 Å². The maximum Gasteiger partial charge on any atom is 0.0258 e. The Hall–Kier alpha value is -0.230. The molecule has 0 heterocycles. The fourth-order valence-corrected chi connectivity index (χ4v) is 0.958. The van der Waals surface area contributed by atoms with E-state index in [2.05, 4.69) is 19.6 Å². The van der Waals surface area contributed by atoms with Gasteiger partial charge in [-0.05, 0) is 26.7 Å². The first-order valence-corrected chi connectivity index (χ1v) is 4.06. The van der Waals surface area contributed by atoms with Gasteiger partial charge in [0.2, 0.25) is 0 Å². The molecule has 0 radical (unpaired) electrons. The highest BCUT2D eigenvalue weighted by Crippen LogP contribution is 2.08. The van der Waals surface area contributed by atoms with Crippen LogP contribution in [-0.2, 0) is 0 Å². The number of rotatable bonds is 4. The van der Waals surface area contributed by atoms with Crippen molar-refractivity contribution in [3.63, 3.8) is 0 Å². The molecule has 0 N–H and O–H groups in total. The first kappa shape index (κ1) is 9.77. The van der Waals surface area contributed by atoms with Crippen LogP contribution in [0.5, 0.6) is 0 Å². The van der Waals surface area contributed by atoms with Crippen LogP contribution in [0.2, 0.25) is 0 Å². The first-order chi connectivity index (χ1) is 4.66. The molecule has 0 aromatic carbocycles. The minimum absolute atomic E-state index is 0.716. The van der Waals surface area contributed by atoms with E-state index in [9.17, 15) is 0 Å². The molecule has 0 amide bonds. The van der Waals surface area contributed by atoms with Crippen molar-refractivity contribution in [2.45, 2.75) is 26.7 Å². The van der Waals surface area contributed by atoms with Crippen LogP contribution in [0.1, 0.15) is 26.7 Å². The molecule has 0 unspecified atom stereocenters. The highest BCUT2D eigenvalue weighted by atomic mass is 35.5. The van der Waals surface area contributed by atoms with Gasteiger partial charge in [-0.1, -0.05) is 23.8 Å². The quantitative estimate of drug-likeness (QED) is 0.434. The van der Waals surface area contributed by atoms with Gasteiger partial charge < -0.3 is 0 Å². The number of hydrogen-bond donors (Lipinski definition) is 0. The number of alkyl halides is 1. The molecule has 0 aromatic rings. The number of halogens is 1. The zero-order valence-corrected chi connectivity index (χ0v) is 7.54. The normalized spacial score (nSPS) is 11.7. The second-order valence-corrected chi connectivity index (χ2v) is 3.04. The number of hydrogen-bond acceptors (Lipinski definition) is 0. The van der Waals surface area contributed by atoms with Gasteiger partial charge in [-0.2, -0.15) is 0 Å². The Balaban J connectivity index is 3.59. The van der Waals surface area contributed by atoms with Crippen molar-refractivity contribution in [1.82, 2.24) is 0 Å². The van der Waals surface area contributed by atoms with Crippen LogP contribution in [0.3, 0.4) is 0 Å². The Bertz CT molecular complexity index is 134. The lowest BCUT2D eigenvalue weighted by Gasteiger charge is -1.98. The lowest BCUT2D eigenvalue weighted by molar-refractivity contribution is 1.08. The van der Waals surface area contributed by atoms with Gasteiger partial charge in [0.15, 0.2) is 0 Å². The summed E-state index contributed by atoms with van der Waals surface area (Å²) in [7, 11) is 0. The second kappa shape index (κ2) is 5.55. The minimum Gasteiger partial charge on any atom is -0.126 e. The molecule has 0 bridgehead atoms. The summed E-state index contributed by atoms with van der Waals surface area (Å²) in [6, 6.07) is 0. The van der Waals surface area contributed by atoms with Gasteiger partial charge in [0.25, 0.3) is 0 Å². The molecule has 0 nitrogen and oxygen atoms in total. The molecule has 0 aliphatic carbocycles. The topological polar surface area (TPSA) is 0 Å². The summed E-state index contributed by atoms with van der Waals surface area (Å²) in [6.07, 6.45) is 4.15. The summed E-state index contributed by atoms with van der Waals surface area (Å²) in [5, 5.41) is 0. The Labute approximate surface area is 68.6 Å². The summed E-state index contributed by atoms with van der Waals surface area (Å²) in [5.41, 5.74) is 2.58. The van der Waals surface area contributed by atoms with Crippen molar-refractivity contribution in [3.05, 3.63) is 23.8 Å². The zero-order chi connectivity index (χ0) is 7.98. The van der Waals surface area contributed by atoms with Crippen LogP contribution >= 0.6 is 11.6 Å². The molecule has 1 heteroatoms. The maximum atomic E-state index is 5.52. The second-order valence-electron chi connectivity index (χ2n) is 2.66. The lowest BCUT2D eigenvalue weighted by atomic mass is 10.1. The van der Waals surface area contributed by atoms with Gasteiger partial charge >= 0.3 is 0 Å². The van der Waals surface area contributed by atoms with Crippen LogP contribution in [0.25, 0.3) is 0 Å². The first-order valence-electron chi connectivity index (χ1n) is 3.52. The molecule has 0 aromatic heterocycles. The van der Waals surface area contributed by atoms with E-state index in [1.807, 2.05) is 6.92 Å². The highest BCUT2D eigenvalue weighted by molar-refractivity contribution is 6.17. The van der Waals surface area contributed by atoms with Gasteiger partial charge in [0.1, 0.15) is 0 Å². The van der Waals surface area contributed by atoms with Crippen LogP contribution in [0.4, 0.5) is 0 Å². The summed E-state index contributed by atoms with van der Waals surface area (Å²) < 4.78 is 0. The van der Waals surface area contributed by atoms with E-state index in [-0.39, 0.29) is 0 Å². The predicted molar refractivity (Wildman–Crippen MR) is 48.5 cm³/mol. The van der Waals surface area contributed by atoms with Crippen molar-refractivity contribution in [3.8, 4) is 0 Å². The SMILES string of the molecule is C=C(C)CC(C)=CCCCl. The predicted octanol–water partition coefficient (Wildman–Crippen LogP) is 3.53. The Morgan fingerprint density at radius 1 is 1.50 bits per heavy atom. The molecule has 0 atom stereocenters. The minimum atomic E-state index is 0.716. The molecule has 58 valence electrons. The van der Waals surface area contributed by atoms with E-state index < -0.39 is 0 Å². The van der Waals surface area contributed by atoms with E-state index >= 15 is 0 Å². The molecule has 0 aliphatic heterocycles. The fraction of sp³-hybridized carbons (Fsp3) is 0.556. The third-order valence-corrected chi connectivity index (χ3v) is 1.40. The van der Waals surface area contributed by atoms with Gasteiger partial charge in [0.05, 0.1) is 0 Å². The van der Waals surface area contributed by atoms with Crippen LogP contribution < -0.4 is 0 Å². The molecule has 0 rings (SSSR count). The highest BCUT2D eigenvalue weighted by Gasteiger charge is 1.88. The van der Waals surface area contributed by atoms with E-state index in [0.29, 0.717) is 5.88 Å². The molecule has 0 saturated heterocycles. The summed E-state index contributed by atoms with van der Waals surface area (Å²) in [5.74, 6) is 0.716.